The van der Waals surface area contributed by atoms with Gasteiger partial charge in [0.15, 0.2) is 0 Å². The Morgan fingerprint density at radius 3 is 2.73 bits per heavy atom. The second-order valence-corrected chi connectivity index (χ2v) is 3.73. The molecule has 3 nitrogen and oxygen atoms in total. The number of benzene rings is 1. The number of hydrogen-bond donors (Lipinski definition) is 0. The highest BCUT2D eigenvalue weighted by atomic mass is 16.2. The van der Waals surface area contributed by atoms with Crippen LogP contribution < -0.4 is 0 Å². The summed E-state index contributed by atoms with van der Waals surface area (Å²) in [7, 11) is 0. The van der Waals surface area contributed by atoms with E-state index in [4.69, 9.17) is 5.26 Å². The van der Waals surface area contributed by atoms with Gasteiger partial charge in [0.1, 0.15) is 0 Å². The summed E-state index contributed by atoms with van der Waals surface area (Å²) in [5.74, 6) is 0.152. The van der Waals surface area contributed by atoms with Gasteiger partial charge in [-0.2, -0.15) is 5.26 Å². The minimum Gasteiger partial charge on any atom is -0.334 e. The van der Waals surface area contributed by atoms with E-state index in [9.17, 15) is 4.79 Å². The second-order valence-electron chi connectivity index (χ2n) is 3.73. The molecule has 3 heteroatoms. The first-order valence-corrected chi connectivity index (χ1v) is 5.01. The topological polar surface area (TPSA) is 44.1 Å². The molecule has 15 heavy (non-hydrogen) atoms. The Hall–Kier alpha value is -1.82. The van der Waals surface area contributed by atoms with Crippen molar-refractivity contribution < 1.29 is 4.79 Å². The normalized spacial score (nSPS) is 19.5. The summed E-state index contributed by atoms with van der Waals surface area (Å²) in [5, 5.41) is 8.58. The van der Waals surface area contributed by atoms with E-state index in [1.165, 1.54) is 0 Å². The fourth-order valence-corrected chi connectivity index (χ4v) is 1.81. The summed E-state index contributed by atoms with van der Waals surface area (Å²) in [6, 6.07) is 12.1. The van der Waals surface area contributed by atoms with E-state index in [2.05, 4.69) is 6.07 Å². The average Bonchev–Trinajstić information content (AvgIpc) is 2.27. The van der Waals surface area contributed by atoms with Crippen molar-refractivity contribution in [2.45, 2.75) is 25.4 Å². The Bertz CT molecular complexity index is 394. The zero-order valence-electron chi connectivity index (χ0n) is 8.39. The summed E-state index contributed by atoms with van der Waals surface area (Å²) >= 11 is 0. The molecule has 0 spiro atoms. The van der Waals surface area contributed by atoms with Crippen LogP contribution >= 0.6 is 0 Å². The van der Waals surface area contributed by atoms with Gasteiger partial charge in [-0.05, 0) is 5.56 Å². The van der Waals surface area contributed by atoms with Crippen LogP contribution in [0.4, 0.5) is 0 Å². The fraction of sp³-hybridized carbons (Fsp3) is 0.333. The first-order chi connectivity index (χ1) is 7.31. The van der Waals surface area contributed by atoms with Crippen molar-refractivity contribution in [3.8, 4) is 6.07 Å². The van der Waals surface area contributed by atoms with E-state index >= 15 is 0 Å². The predicted octanol–water partition coefficient (Wildman–Crippen LogP) is 1.70. The molecule has 76 valence electrons. The quantitative estimate of drug-likeness (QED) is 0.697. The molecule has 1 fully saturated rings. The monoisotopic (exact) mass is 200 g/mol. The molecule has 1 atom stereocenters. The summed E-state index contributed by atoms with van der Waals surface area (Å²) in [5.41, 5.74) is 1.12. The zero-order chi connectivity index (χ0) is 10.7. The van der Waals surface area contributed by atoms with Crippen LogP contribution in [0.25, 0.3) is 0 Å². The van der Waals surface area contributed by atoms with Crippen molar-refractivity contribution in [2.75, 3.05) is 0 Å². The lowest BCUT2D eigenvalue weighted by molar-refractivity contribution is -0.146. The molecule has 0 bridgehead atoms. The Labute approximate surface area is 88.9 Å². The number of carbonyl (C=O) groups is 1. The third-order valence-electron chi connectivity index (χ3n) is 2.69. The molecule has 1 saturated heterocycles. The standard InChI is InChI=1S/C12H12N2O/c13-7-6-11-8-12(15)14(11)9-10-4-2-1-3-5-10/h1-5,11H,6,8-9H2/t11-/m1/s1. The molecule has 0 aromatic heterocycles. The first-order valence-electron chi connectivity index (χ1n) is 5.01. The van der Waals surface area contributed by atoms with Gasteiger partial charge in [-0.1, -0.05) is 30.3 Å². The molecule has 0 N–H and O–H groups in total. The molecular weight excluding hydrogens is 188 g/mol. The van der Waals surface area contributed by atoms with Crippen LogP contribution in [0.2, 0.25) is 0 Å². The third-order valence-corrected chi connectivity index (χ3v) is 2.69. The molecule has 1 aliphatic heterocycles. The molecule has 1 amide bonds. The van der Waals surface area contributed by atoms with Gasteiger partial charge >= 0.3 is 0 Å². The molecule has 1 aromatic carbocycles. The molecule has 0 aliphatic carbocycles. The van der Waals surface area contributed by atoms with Gasteiger partial charge in [0, 0.05) is 13.0 Å². The SMILES string of the molecule is N#CC[C@@H]1CC(=O)N1Cc1ccccc1. The van der Waals surface area contributed by atoms with Crippen molar-refractivity contribution in [3.63, 3.8) is 0 Å². The van der Waals surface area contributed by atoms with Crippen molar-refractivity contribution >= 4 is 5.91 Å². The highest BCUT2D eigenvalue weighted by Crippen LogP contribution is 2.24. The van der Waals surface area contributed by atoms with Crippen LogP contribution in [0, 0.1) is 11.3 Å². The van der Waals surface area contributed by atoms with Crippen molar-refractivity contribution in [2.24, 2.45) is 0 Å². The lowest BCUT2D eigenvalue weighted by Crippen LogP contribution is -2.51. The van der Waals surface area contributed by atoms with E-state index in [0.29, 0.717) is 19.4 Å². The highest BCUT2D eigenvalue weighted by molar-refractivity contribution is 5.83. The largest absolute Gasteiger partial charge is 0.334 e. The Balaban J connectivity index is 2.00. The molecule has 0 unspecified atom stereocenters. The van der Waals surface area contributed by atoms with Crippen LogP contribution in [0.3, 0.4) is 0 Å². The number of amides is 1. The number of hydrogen-bond acceptors (Lipinski definition) is 2. The Morgan fingerprint density at radius 2 is 2.13 bits per heavy atom. The summed E-state index contributed by atoms with van der Waals surface area (Å²) in [4.78, 5) is 13.1. The predicted molar refractivity (Wildman–Crippen MR) is 55.6 cm³/mol. The number of β-lactam (4-membered cyclic amide) rings is 1. The minimum absolute atomic E-state index is 0.128. The smallest absolute Gasteiger partial charge is 0.225 e. The summed E-state index contributed by atoms with van der Waals surface area (Å²) in [6.07, 6.45) is 0.971. The van der Waals surface area contributed by atoms with Gasteiger partial charge in [-0.15, -0.1) is 0 Å². The molecule has 2 rings (SSSR count). The van der Waals surface area contributed by atoms with Crippen molar-refractivity contribution in [1.29, 1.82) is 5.26 Å². The lowest BCUT2D eigenvalue weighted by atomic mass is 9.98. The molecule has 0 radical (unpaired) electrons. The van der Waals surface area contributed by atoms with Gasteiger partial charge in [0.25, 0.3) is 0 Å². The van der Waals surface area contributed by atoms with E-state index in [1.54, 1.807) is 4.90 Å². The van der Waals surface area contributed by atoms with Crippen LogP contribution in [-0.4, -0.2) is 16.8 Å². The molecular formula is C12H12N2O. The number of carbonyl (C=O) groups excluding carboxylic acids is 1. The van der Waals surface area contributed by atoms with Crippen LogP contribution in [0.1, 0.15) is 18.4 Å². The minimum atomic E-state index is 0.128. The van der Waals surface area contributed by atoms with Gasteiger partial charge in [-0.25, -0.2) is 0 Å². The van der Waals surface area contributed by atoms with E-state index in [-0.39, 0.29) is 11.9 Å². The summed E-state index contributed by atoms with van der Waals surface area (Å²) in [6.45, 7) is 0.631. The number of rotatable bonds is 3. The fourth-order valence-electron chi connectivity index (χ4n) is 1.81. The average molecular weight is 200 g/mol. The summed E-state index contributed by atoms with van der Waals surface area (Å²) < 4.78 is 0. The molecule has 1 heterocycles. The van der Waals surface area contributed by atoms with Gasteiger partial charge < -0.3 is 4.90 Å². The van der Waals surface area contributed by atoms with Crippen molar-refractivity contribution in [1.82, 2.24) is 4.90 Å². The molecule has 1 aromatic rings. The van der Waals surface area contributed by atoms with E-state index < -0.39 is 0 Å². The second kappa shape index (κ2) is 4.14. The lowest BCUT2D eigenvalue weighted by Gasteiger charge is -2.39. The van der Waals surface area contributed by atoms with Crippen LogP contribution in [0.5, 0.6) is 0 Å². The van der Waals surface area contributed by atoms with Gasteiger partial charge in [0.05, 0.1) is 18.5 Å². The highest BCUT2D eigenvalue weighted by Gasteiger charge is 2.35. The zero-order valence-corrected chi connectivity index (χ0v) is 8.39. The van der Waals surface area contributed by atoms with Gasteiger partial charge in [-0.3, -0.25) is 4.79 Å². The number of nitrogens with zero attached hydrogens (tertiary/aromatic N) is 2. The maximum absolute atomic E-state index is 11.3. The first kappa shape index (κ1) is 9.72. The van der Waals surface area contributed by atoms with E-state index in [1.807, 2.05) is 30.3 Å². The van der Waals surface area contributed by atoms with Crippen molar-refractivity contribution in [3.05, 3.63) is 35.9 Å². The maximum atomic E-state index is 11.3. The number of nitriles is 1. The third kappa shape index (κ3) is 1.99. The van der Waals surface area contributed by atoms with E-state index in [0.717, 1.165) is 5.56 Å². The van der Waals surface area contributed by atoms with Crippen LogP contribution in [0.15, 0.2) is 30.3 Å². The van der Waals surface area contributed by atoms with Gasteiger partial charge in [0.2, 0.25) is 5.91 Å². The Kier molecular flexibility index (Phi) is 2.68. The Morgan fingerprint density at radius 1 is 1.40 bits per heavy atom. The maximum Gasteiger partial charge on any atom is 0.225 e. The molecule has 1 aliphatic rings. The number of likely N-dealkylation sites (tertiary alicyclic amines) is 1. The van der Waals surface area contributed by atoms with Crippen LogP contribution in [-0.2, 0) is 11.3 Å². The molecule has 0 saturated carbocycles.